The zero-order valence-electron chi connectivity index (χ0n) is 6.43. The van der Waals surface area contributed by atoms with Crippen molar-refractivity contribution >= 4 is 0 Å². The Morgan fingerprint density at radius 1 is 1.30 bits per heavy atom. The molecule has 0 saturated heterocycles. The average molecular weight is 138 g/mol. The van der Waals surface area contributed by atoms with Gasteiger partial charge in [0.15, 0.2) is 0 Å². The largest absolute Gasteiger partial charge is 0.384 e. The Morgan fingerprint density at radius 3 is 2.70 bits per heavy atom. The summed E-state index contributed by atoms with van der Waals surface area (Å²) in [4.78, 5) is 0. The quantitative estimate of drug-likeness (QED) is 0.358. The van der Waals surface area contributed by atoms with E-state index in [2.05, 4.69) is 30.9 Å². The first-order valence-electron chi connectivity index (χ1n) is 3.63. The lowest BCUT2D eigenvalue weighted by molar-refractivity contribution is 0.350. The summed E-state index contributed by atoms with van der Waals surface area (Å²) in [6, 6.07) is 0. The molecule has 0 radical (unpaired) electrons. The lowest BCUT2D eigenvalue weighted by Gasteiger charge is -1.81. The Hall–Kier alpha value is -0.740. The molecule has 0 aromatic heterocycles. The zero-order chi connectivity index (χ0) is 7.66. The molecule has 0 aliphatic rings. The molecule has 0 aliphatic heterocycles. The van der Waals surface area contributed by atoms with Crippen molar-refractivity contribution in [2.45, 2.75) is 26.2 Å². The van der Waals surface area contributed by atoms with Crippen LogP contribution >= 0.6 is 0 Å². The smallest absolute Gasteiger partial charge is 0.104 e. The molecule has 0 atom stereocenters. The second kappa shape index (κ2) is 8.26. The summed E-state index contributed by atoms with van der Waals surface area (Å²) in [7, 11) is 0. The Morgan fingerprint density at radius 2 is 2.10 bits per heavy atom. The van der Waals surface area contributed by atoms with Crippen LogP contribution in [0.3, 0.4) is 0 Å². The van der Waals surface area contributed by atoms with Gasteiger partial charge in [0.05, 0.1) is 0 Å². The van der Waals surface area contributed by atoms with Gasteiger partial charge < -0.3 is 5.11 Å². The van der Waals surface area contributed by atoms with Crippen LogP contribution in [0.15, 0.2) is 12.2 Å². The van der Waals surface area contributed by atoms with Gasteiger partial charge >= 0.3 is 0 Å². The van der Waals surface area contributed by atoms with Gasteiger partial charge in [-0.1, -0.05) is 25.0 Å². The fourth-order valence-electron chi connectivity index (χ4n) is 0.584. The maximum Gasteiger partial charge on any atom is 0.104 e. The maximum atomic E-state index is 8.28. The predicted octanol–water partition coefficient (Wildman–Crippen LogP) is 1.73. The van der Waals surface area contributed by atoms with Gasteiger partial charge in [0.25, 0.3) is 0 Å². The number of hydrogen-bond donors (Lipinski definition) is 1. The van der Waals surface area contributed by atoms with Gasteiger partial charge in [-0.15, -0.1) is 5.92 Å². The number of allylic oxidation sites excluding steroid dienone is 2. The summed E-state index contributed by atoms with van der Waals surface area (Å²) in [5.41, 5.74) is 0. The molecule has 0 bridgehead atoms. The van der Waals surface area contributed by atoms with E-state index in [1.54, 1.807) is 0 Å². The van der Waals surface area contributed by atoms with Crippen molar-refractivity contribution in [3.05, 3.63) is 12.2 Å². The van der Waals surface area contributed by atoms with Gasteiger partial charge in [0.1, 0.15) is 6.61 Å². The van der Waals surface area contributed by atoms with E-state index in [1.165, 1.54) is 0 Å². The van der Waals surface area contributed by atoms with Gasteiger partial charge in [-0.2, -0.15) is 0 Å². The fourth-order valence-corrected chi connectivity index (χ4v) is 0.584. The molecule has 0 saturated carbocycles. The molecule has 0 amide bonds. The first kappa shape index (κ1) is 9.26. The highest BCUT2D eigenvalue weighted by Gasteiger charge is 1.73. The average Bonchev–Trinajstić information content (AvgIpc) is 1.97. The molecule has 0 spiro atoms. The van der Waals surface area contributed by atoms with E-state index in [0.717, 1.165) is 19.3 Å². The number of rotatable bonds is 3. The molecule has 0 aliphatic carbocycles. The molecule has 1 heteroatoms. The van der Waals surface area contributed by atoms with Crippen LogP contribution in [0.5, 0.6) is 0 Å². The fraction of sp³-hybridized carbons (Fsp3) is 0.556. The highest BCUT2D eigenvalue weighted by Crippen LogP contribution is 1.89. The number of aliphatic hydroxyl groups is 1. The van der Waals surface area contributed by atoms with Crippen LogP contribution in [0.4, 0.5) is 0 Å². The lowest BCUT2D eigenvalue weighted by atomic mass is 10.3. The van der Waals surface area contributed by atoms with Crippen LogP contribution in [-0.2, 0) is 0 Å². The van der Waals surface area contributed by atoms with Crippen molar-refractivity contribution in [3.8, 4) is 11.8 Å². The van der Waals surface area contributed by atoms with Crippen molar-refractivity contribution in [1.82, 2.24) is 0 Å². The van der Waals surface area contributed by atoms with E-state index < -0.39 is 0 Å². The van der Waals surface area contributed by atoms with E-state index in [4.69, 9.17) is 5.11 Å². The Kier molecular flexibility index (Phi) is 7.65. The molecule has 10 heavy (non-hydrogen) atoms. The van der Waals surface area contributed by atoms with Crippen LogP contribution in [-0.4, -0.2) is 11.7 Å². The van der Waals surface area contributed by atoms with Gasteiger partial charge in [0, 0.05) is 6.42 Å². The monoisotopic (exact) mass is 138 g/mol. The van der Waals surface area contributed by atoms with Crippen LogP contribution in [0.2, 0.25) is 0 Å². The molecule has 0 aromatic carbocycles. The van der Waals surface area contributed by atoms with Crippen LogP contribution in [0.25, 0.3) is 0 Å². The van der Waals surface area contributed by atoms with Crippen LogP contribution in [0, 0.1) is 11.8 Å². The number of hydrogen-bond acceptors (Lipinski definition) is 1. The second-order valence-electron chi connectivity index (χ2n) is 1.93. The lowest BCUT2D eigenvalue weighted by Crippen LogP contribution is -1.71. The summed E-state index contributed by atoms with van der Waals surface area (Å²) in [6.07, 6.45) is 7.19. The molecule has 1 nitrogen and oxygen atoms in total. The number of aliphatic hydroxyl groups excluding tert-OH is 1. The zero-order valence-corrected chi connectivity index (χ0v) is 6.43. The molecule has 0 rings (SSSR count). The third-order valence-electron chi connectivity index (χ3n) is 1.04. The minimum absolute atomic E-state index is 0.0164. The van der Waals surface area contributed by atoms with Gasteiger partial charge in [-0.05, 0) is 12.8 Å². The van der Waals surface area contributed by atoms with E-state index in [9.17, 15) is 0 Å². The van der Waals surface area contributed by atoms with Crippen molar-refractivity contribution in [1.29, 1.82) is 0 Å². The topological polar surface area (TPSA) is 20.2 Å². The molecular weight excluding hydrogens is 124 g/mol. The third-order valence-corrected chi connectivity index (χ3v) is 1.04. The normalized spacial score (nSPS) is 9.40. The minimum Gasteiger partial charge on any atom is -0.384 e. The summed E-state index contributed by atoms with van der Waals surface area (Å²) < 4.78 is 0. The van der Waals surface area contributed by atoms with E-state index in [-0.39, 0.29) is 6.61 Å². The van der Waals surface area contributed by atoms with Crippen molar-refractivity contribution in [2.75, 3.05) is 6.61 Å². The molecule has 0 heterocycles. The van der Waals surface area contributed by atoms with Crippen LogP contribution in [0.1, 0.15) is 26.2 Å². The summed E-state index contributed by atoms with van der Waals surface area (Å²) in [5.74, 6) is 5.44. The molecule has 0 unspecified atom stereocenters. The van der Waals surface area contributed by atoms with Gasteiger partial charge in [0.2, 0.25) is 0 Å². The molecule has 0 aromatic rings. The number of unbranched alkanes of at least 4 members (excludes halogenated alkanes) is 1. The summed E-state index contributed by atoms with van der Waals surface area (Å²) in [5, 5.41) is 8.28. The van der Waals surface area contributed by atoms with Crippen molar-refractivity contribution in [2.24, 2.45) is 0 Å². The van der Waals surface area contributed by atoms with E-state index in [1.807, 2.05) is 0 Å². The summed E-state index contributed by atoms with van der Waals surface area (Å²) >= 11 is 0. The second-order valence-corrected chi connectivity index (χ2v) is 1.93. The van der Waals surface area contributed by atoms with Gasteiger partial charge in [-0.3, -0.25) is 0 Å². The highest BCUT2D eigenvalue weighted by molar-refractivity contribution is 5.00. The van der Waals surface area contributed by atoms with E-state index >= 15 is 0 Å². The maximum absolute atomic E-state index is 8.28. The Balaban J connectivity index is 3.12. The Bertz CT molecular complexity index is 137. The first-order chi connectivity index (χ1) is 4.91. The highest BCUT2D eigenvalue weighted by atomic mass is 16.2. The standard InChI is InChI=1S/C9H14O/c1-2-3-4-5-6-7-8-9-10/h3-4,10H,2,5-6,9H2,1H3/b4-3-. The molecular formula is C9H14O. The molecule has 0 fully saturated rings. The third kappa shape index (κ3) is 7.26. The first-order valence-corrected chi connectivity index (χ1v) is 3.63. The minimum atomic E-state index is -0.0164. The van der Waals surface area contributed by atoms with Gasteiger partial charge in [-0.25, -0.2) is 0 Å². The van der Waals surface area contributed by atoms with E-state index in [0.29, 0.717) is 0 Å². The molecule has 1 N–H and O–H groups in total. The molecule has 56 valence electrons. The van der Waals surface area contributed by atoms with Crippen LogP contribution < -0.4 is 0 Å². The predicted molar refractivity (Wildman–Crippen MR) is 43.5 cm³/mol. The van der Waals surface area contributed by atoms with Crippen molar-refractivity contribution in [3.63, 3.8) is 0 Å². The Labute approximate surface area is 62.8 Å². The van der Waals surface area contributed by atoms with Crippen molar-refractivity contribution < 1.29 is 5.11 Å². The SMILES string of the molecule is CC/C=C\CCC#CCO. The summed E-state index contributed by atoms with van der Waals surface area (Å²) in [6.45, 7) is 2.09.